The lowest BCUT2D eigenvalue weighted by Gasteiger charge is -2.32. The molecule has 3 aromatic rings. The van der Waals surface area contributed by atoms with Crippen molar-refractivity contribution in [1.29, 1.82) is 0 Å². The highest BCUT2D eigenvalue weighted by Crippen LogP contribution is 2.23. The monoisotopic (exact) mass is 375 g/mol. The van der Waals surface area contributed by atoms with Gasteiger partial charge in [0.15, 0.2) is 0 Å². The van der Waals surface area contributed by atoms with Crippen LogP contribution in [-0.4, -0.2) is 46.7 Å². The van der Waals surface area contributed by atoms with Crippen molar-refractivity contribution in [3.63, 3.8) is 0 Å². The number of methoxy groups -OCH3 is 1. The molecule has 0 aliphatic carbocycles. The molecule has 28 heavy (non-hydrogen) atoms. The van der Waals surface area contributed by atoms with Crippen molar-refractivity contribution >= 4 is 5.91 Å². The van der Waals surface area contributed by atoms with E-state index >= 15 is 0 Å². The molecule has 144 valence electrons. The number of hydrogen-bond donors (Lipinski definition) is 0. The van der Waals surface area contributed by atoms with Crippen LogP contribution in [0, 0.1) is 0 Å². The lowest BCUT2D eigenvalue weighted by molar-refractivity contribution is 0.0269. The fourth-order valence-corrected chi connectivity index (χ4v) is 3.72. The molecule has 4 rings (SSSR count). The first-order valence-electron chi connectivity index (χ1n) is 9.70. The standard InChI is InChI=1S/C23H25N3O2/c1-28-22-6-3-12-26(16-22)23(27)21-5-2-4-20(14-21)19-9-7-18(8-10-19)15-25-13-11-24-17-25/h2,4-5,7-11,13-14,17,22H,3,6,12,15-16H2,1H3. The van der Waals surface area contributed by atoms with E-state index in [9.17, 15) is 4.79 Å². The maximum Gasteiger partial charge on any atom is 0.253 e. The highest BCUT2D eigenvalue weighted by molar-refractivity contribution is 5.95. The van der Waals surface area contributed by atoms with Gasteiger partial charge in [-0.1, -0.05) is 36.4 Å². The van der Waals surface area contributed by atoms with Gasteiger partial charge in [0, 0.05) is 44.7 Å². The smallest absolute Gasteiger partial charge is 0.253 e. The molecular weight excluding hydrogens is 350 g/mol. The summed E-state index contributed by atoms with van der Waals surface area (Å²) in [5, 5.41) is 0. The Bertz CT molecular complexity index is 919. The number of imidazole rings is 1. The minimum absolute atomic E-state index is 0.0836. The van der Waals surface area contributed by atoms with Gasteiger partial charge in [-0.25, -0.2) is 4.98 Å². The van der Waals surface area contributed by atoms with Crippen LogP contribution < -0.4 is 0 Å². The Balaban J connectivity index is 1.49. The summed E-state index contributed by atoms with van der Waals surface area (Å²) in [6, 6.07) is 16.4. The van der Waals surface area contributed by atoms with Crippen LogP contribution in [0.15, 0.2) is 67.3 Å². The van der Waals surface area contributed by atoms with E-state index in [-0.39, 0.29) is 12.0 Å². The first kappa shape index (κ1) is 18.4. The third-order valence-corrected chi connectivity index (χ3v) is 5.32. The average molecular weight is 375 g/mol. The number of likely N-dealkylation sites (tertiary alicyclic amines) is 1. The second kappa shape index (κ2) is 8.40. The van der Waals surface area contributed by atoms with Gasteiger partial charge in [0.1, 0.15) is 0 Å². The third-order valence-electron chi connectivity index (χ3n) is 5.32. The highest BCUT2D eigenvalue weighted by atomic mass is 16.5. The summed E-state index contributed by atoms with van der Waals surface area (Å²) < 4.78 is 7.49. The summed E-state index contributed by atoms with van der Waals surface area (Å²) in [5.41, 5.74) is 4.11. The molecular formula is C23H25N3O2. The largest absolute Gasteiger partial charge is 0.380 e. The van der Waals surface area contributed by atoms with Crippen molar-refractivity contribution in [2.24, 2.45) is 0 Å². The van der Waals surface area contributed by atoms with Crippen molar-refractivity contribution in [1.82, 2.24) is 14.5 Å². The van der Waals surface area contributed by atoms with Gasteiger partial charge in [-0.15, -0.1) is 0 Å². The van der Waals surface area contributed by atoms with Crippen LogP contribution in [0.25, 0.3) is 11.1 Å². The molecule has 1 amide bonds. The molecule has 0 spiro atoms. The summed E-state index contributed by atoms with van der Waals surface area (Å²) in [6.07, 6.45) is 7.71. The number of aromatic nitrogens is 2. The molecule has 1 fully saturated rings. The van der Waals surface area contributed by atoms with Crippen LogP contribution in [0.4, 0.5) is 0 Å². The van der Waals surface area contributed by atoms with E-state index in [2.05, 4.69) is 35.3 Å². The fraction of sp³-hybridized carbons (Fsp3) is 0.304. The summed E-state index contributed by atoms with van der Waals surface area (Å²) in [7, 11) is 1.72. The number of piperidine rings is 1. The van der Waals surface area contributed by atoms with E-state index in [0.29, 0.717) is 6.54 Å². The second-order valence-electron chi connectivity index (χ2n) is 7.26. The topological polar surface area (TPSA) is 47.4 Å². The minimum atomic E-state index is 0.0836. The summed E-state index contributed by atoms with van der Waals surface area (Å²) in [4.78, 5) is 18.9. The Labute approximate surface area is 165 Å². The summed E-state index contributed by atoms with van der Waals surface area (Å²) in [5.74, 6) is 0.0836. The Morgan fingerprint density at radius 3 is 2.79 bits per heavy atom. The second-order valence-corrected chi connectivity index (χ2v) is 7.26. The zero-order valence-corrected chi connectivity index (χ0v) is 16.1. The van der Waals surface area contributed by atoms with Crippen molar-refractivity contribution in [2.75, 3.05) is 20.2 Å². The van der Waals surface area contributed by atoms with E-state index in [4.69, 9.17) is 4.74 Å². The molecule has 0 radical (unpaired) electrons. The molecule has 1 aromatic heterocycles. The molecule has 5 nitrogen and oxygen atoms in total. The SMILES string of the molecule is COC1CCCN(C(=O)c2cccc(-c3ccc(Cn4ccnc4)cc3)c2)C1. The number of carbonyl (C=O) groups is 1. The predicted molar refractivity (Wildman–Crippen MR) is 109 cm³/mol. The van der Waals surface area contributed by atoms with Crippen molar-refractivity contribution in [3.05, 3.63) is 78.4 Å². The van der Waals surface area contributed by atoms with Gasteiger partial charge in [-0.05, 0) is 41.7 Å². The molecule has 0 saturated carbocycles. The number of hydrogen-bond acceptors (Lipinski definition) is 3. The Morgan fingerprint density at radius 2 is 2.04 bits per heavy atom. The summed E-state index contributed by atoms with van der Waals surface area (Å²) >= 11 is 0. The molecule has 1 saturated heterocycles. The molecule has 5 heteroatoms. The van der Waals surface area contributed by atoms with Crippen LogP contribution in [0.2, 0.25) is 0 Å². The third kappa shape index (κ3) is 4.15. The lowest BCUT2D eigenvalue weighted by Crippen LogP contribution is -2.42. The quantitative estimate of drug-likeness (QED) is 0.681. The van der Waals surface area contributed by atoms with Crippen LogP contribution in [-0.2, 0) is 11.3 Å². The Morgan fingerprint density at radius 1 is 1.18 bits per heavy atom. The first-order chi connectivity index (χ1) is 13.7. The number of benzene rings is 2. The van der Waals surface area contributed by atoms with Crippen LogP contribution in [0.3, 0.4) is 0 Å². The number of nitrogens with zero attached hydrogens (tertiary/aromatic N) is 3. The van der Waals surface area contributed by atoms with E-state index < -0.39 is 0 Å². The number of rotatable bonds is 5. The van der Waals surface area contributed by atoms with Gasteiger partial charge < -0.3 is 14.2 Å². The zero-order valence-electron chi connectivity index (χ0n) is 16.1. The van der Waals surface area contributed by atoms with Crippen molar-refractivity contribution in [2.45, 2.75) is 25.5 Å². The van der Waals surface area contributed by atoms with Crippen molar-refractivity contribution < 1.29 is 9.53 Å². The van der Waals surface area contributed by atoms with Gasteiger partial charge in [-0.2, -0.15) is 0 Å². The molecule has 0 N–H and O–H groups in total. The molecule has 2 heterocycles. The van der Waals surface area contributed by atoms with E-state index in [1.807, 2.05) is 40.2 Å². The van der Waals surface area contributed by atoms with Crippen LogP contribution in [0.5, 0.6) is 0 Å². The maximum atomic E-state index is 12.9. The molecule has 1 aliphatic heterocycles. The number of carbonyl (C=O) groups excluding carboxylic acids is 1. The van der Waals surface area contributed by atoms with Gasteiger partial charge >= 0.3 is 0 Å². The normalized spacial score (nSPS) is 16.9. The van der Waals surface area contributed by atoms with Gasteiger partial charge in [0.2, 0.25) is 0 Å². The average Bonchev–Trinajstić information content (AvgIpc) is 3.27. The Kier molecular flexibility index (Phi) is 5.53. The van der Waals surface area contributed by atoms with E-state index in [0.717, 1.165) is 42.6 Å². The van der Waals surface area contributed by atoms with Gasteiger partial charge in [0.25, 0.3) is 5.91 Å². The lowest BCUT2D eigenvalue weighted by atomic mass is 10.0. The molecule has 1 atom stereocenters. The fourth-order valence-electron chi connectivity index (χ4n) is 3.72. The summed E-state index contributed by atoms with van der Waals surface area (Å²) in [6.45, 7) is 2.27. The van der Waals surface area contributed by atoms with Crippen LogP contribution >= 0.6 is 0 Å². The van der Waals surface area contributed by atoms with E-state index in [1.54, 1.807) is 13.3 Å². The van der Waals surface area contributed by atoms with Crippen LogP contribution in [0.1, 0.15) is 28.8 Å². The maximum absolute atomic E-state index is 12.9. The highest BCUT2D eigenvalue weighted by Gasteiger charge is 2.24. The minimum Gasteiger partial charge on any atom is -0.380 e. The molecule has 1 aliphatic rings. The Hall–Kier alpha value is -2.92. The molecule has 1 unspecified atom stereocenters. The van der Waals surface area contributed by atoms with Crippen molar-refractivity contribution in [3.8, 4) is 11.1 Å². The first-order valence-corrected chi connectivity index (χ1v) is 9.70. The zero-order chi connectivity index (χ0) is 19.3. The number of ether oxygens (including phenoxy) is 1. The number of amides is 1. The molecule has 0 bridgehead atoms. The predicted octanol–water partition coefficient (Wildman–Crippen LogP) is 3.85. The molecule has 2 aromatic carbocycles. The van der Waals surface area contributed by atoms with Gasteiger partial charge in [0.05, 0.1) is 12.4 Å². The van der Waals surface area contributed by atoms with E-state index in [1.165, 1.54) is 5.56 Å². The van der Waals surface area contributed by atoms with Gasteiger partial charge in [-0.3, -0.25) is 4.79 Å².